The van der Waals surface area contributed by atoms with Gasteiger partial charge in [-0.1, -0.05) is 5.16 Å². The van der Waals surface area contributed by atoms with Gasteiger partial charge in [-0.2, -0.15) is 10.2 Å². The molecule has 2 aromatic heterocycles. The molecule has 136 valence electrons. The number of rotatable bonds is 6. The van der Waals surface area contributed by atoms with Crippen molar-refractivity contribution in [1.29, 1.82) is 5.26 Å². The van der Waals surface area contributed by atoms with Crippen LogP contribution >= 0.6 is 0 Å². The highest BCUT2D eigenvalue weighted by atomic mass is 16.5. The second-order valence-electron chi connectivity index (χ2n) is 6.02. The van der Waals surface area contributed by atoms with E-state index in [0.29, 0.717) is 22.6 Å². The molecule has 3 aromatic rings. The van der Waals surface area contributed by atoms with Crippen molar-refractivity contribution in [2.24, 2.45) is 5.73 Å². The van der Waals surface area contributed by atoms with Gasteiger partial charge in [0.25, 0.3) is 17.6 Å². The quantitative estimate of drug-likeness (QED) is 0.606. The van der Waals surface area contributed by atoms with E-state index in [9.17, 15) is 4.79 Å². The van der Waals surface area contributed by atoms with Crippen molar-refractivity contribution in [2.75, 3.05) is 10.6 Å². The maximum atomic E-state index is 11.2. The first-order valence-electron chi connectivity index (χ1n) is 8.14. The molecule has 9 nitrogen and oxygen atoms in total. The highest BCUT2D eigenvalue weighted by Gasteiger charge is 2.17. The number of nitrogens with two attached hydrogens (primary N) is 1. The molecule has 4 N–H and O–H groups in total. The smallest absolute Gasteiger partial charge is 0.290 e. The maximum Gasteiger partial charge on any atom is 0.290 e. The van der Waals surface area contributed by atoms with Gasteiger partial charge in [0.2, 0.25) is 0 Å². The van der Waals surface area contributed by atoms with Crippen molar-refractivity contribution in [2.45, 2.75) is 19.9 Å². The van der Waals surface area contributed by atoms with Gasteiger partial charge < -0.3 is 20.9 Å². The molecule has 9 heteroatoms. The zero-order chi connectivity index (χ0) is 19.4. The molecule has 0 aliphatic heterocycles. The Bertz CT molecular complexity index is 1000. The Morgan fingerprint density at radius 3 is 2.63 bits per heavy atom. The molecule has 0 unspecified atom stereocenters. The van der Waals surface area contributed by atoms with Gasteiger partial charge in [-0.25, -0.2) is 4.98 Å². The number of aromatic nitrogens is 3. The van der Waals surface area contributed by atoms with E-state index in [2.05, 4.69) is 31.8 Å². The Balaban J connectivity index is 1.92. The number of amides is 1. The molecule has 0 aliphatic carbocycles. The van der Waals surface area contributed by atoms with Gasteiger partial charge in [-0.15, -0.1) is 0 Å². The molecule has 1 amide bonds. The van der Waals surface area contributed by atoms with Gasteiger partial charge in [0.05, 0.1) is 22.9 Å². The van der Waals surface area contributed by atoms with Crippen LogP contribution in [0.5, 0.6) is 0 Å². The fourth-order valence-electron chi connectivity index (χ4n) is 2.33. The van der Waals surface area contributed by atoms with Crippen LogP contribution in [0.1, 0.15) is 30.0 Å². The molecule has 27 heavy (non-hydrogen) atoms. The van der Waals surface area contributed by atoms with Crippen molar-refractivity contribution in [3.63, 3.8) is 0 Å². The minimum absolute atomic E-state index is 0.132. The summed E-state index contributed by atoms with van der Waals surface area (Å²) in [6.45, 7) is 3.97. The van der Waals surface area contributed by atoms with E-state index >= 15 is 0 Å². The number of carbonyl (C=O) groups excluding carboxylic acids is 1. The number of benzene rings is 1. The molecule has 1 aromatic carbocycles. The average Bonchev–Trinajstić information content (AvgIpc) is 3.12. The summed E-state index contributed by atoms with van der Waals surface area (Å²) in [5, 5.41) is 18.9. The summed E-state index contributed by atoms with van der Waals surface area (Å²) in [7, 11) is 0. The summed E-state index contributed by atoms with van der Waals surface area (Å²) >= 11 is 0. The first kappa shape index (κ1) is 17.9. The lowest BCUT2D eigenvalue weighted by atomic mass is 10.2. The predicted octanol–water partition coefficient (Wildman–Crippen LogP) is 2.67. The summed E-state index contributed by atoms with van der Waals surface area (Å²) < 4.78 is 5.12. The zero-order valence-electron chi connectivity index (χ0n) is 14.7. The number of carbonyl (C=O) groups is 1. The first-order chi connectivity index (χ1) is 13.0. The average molecular weight is 363 g/mol. The Hall–Kier alpha value is -3.93. The largest absolute Gasteiger partial charge is 0.382 e. The van der Waals surface area contributed by atoms with Crippen LogP contribution in [-0.2, 0) is 0 Å². The molecule has 0 bridgehead atoms. The van der Waals surface area contributed by atoms with E-state index in [4.69, 9.17) is 15.5 Å². The van der Waals surface area contributed by atoms with E-state index in [-0.39, 0.29) is 17.8 Å². The van der Waals surface area contributed by atoms with Gasteiger partial charge in [-0.05, 0) is 38.1 Å². The minimum atomic E-state index is -0.768. The molecule has 0 fully saturated rings. The lowest BCUT2D eigenvalue weighted by Crippen LogP contribution is -2.13. The van der Waals surface area contributed by atoms with Crippen molar-refractivity contribution in [1.82, 2.24) is 15.1 Å². The third kappa shape index (κ3) is 4.19. The van der Waals surface area contributed by atoms with E-state index in [1.807, 2.05) is 13.8 Å². The minimum Gasteiger partial charge on any atom is -0.382 e. The van der Waals surface area contributed by atoms with E-state index < -0.39 is 5.91 Å². The summed E-state index contributed by atoms with van der Waals surface area (Å²) in [6, 6.07) is 11.0. The van der Waals surface area contributed by atoms with Gasteiger partial charge in [0, 0.05) is 24.0 Å². The van der Waals surface area contributed by atoms with Crippen LogP contribution in [-0.4, -0.2) is 27.1 Å². The molecule has 2 heterocycles. The number of nitrogens with one attached hydrogen (secondary N) is 2. The van der Waals surface area contributed by atoms with E-state index in [1.54, 1.807) is 36.5 Å². The number of anilines is 3. The van der Waals surface area contributed by atoms with Crippen LogP contribution in [0.4, 0.5) is 17.2 Å². The first-order valence-corrected chi connectivity index (χ1v) is 8.14. The Morgan fingerprint density at radius 2 is 2.04 bits per heavy atom. The number of primary amides is 1. The highest BCUT2D eigenvalue weighted by Crippen LogP contribution is 2.29. The third-order valence-corrected chi connectivity index (χ3v) is 3.51. The van der Waals surface area contributed by atoms with Crippen LogP contribution in [0.25, 0.3) is 11.5 Å². The summed E-state index contributed by atoms with van der Waals surface area (Å²) in [6.07, 6.45) is 1.56. The molecule has 0 saturated heterocycles. The fourth-order valence-corrected chi connectivity index (χ4v) is 2.33. The molecular formula is C18H17N7O2. The highest BCUT2D eigenvalue weighted by molar-refractivity contribution is 5.89. The predicted molar refractivity (Wildman–Crippen MR) is 99.2 cm³/mol. The number of pyridine rings is 1. The molecule has 0 saturated carbocycles. The number of nitriles is 1. The molecular weight excluding hydrogens is 346 g/mol. The second kappa shape index (κ2) is 7.53. The topological polar surface area (TPSA) is 143 Å². The van der Waals surface area contributed by atoms with Crippen molar-refractivity contribution >= 4 is 23.1 Å². The van der Waals surface area contributed by atoms with Crippen LogP contribution in [0.3, 0.4) is 0 Å². The van der Waals surface area contributed by atoms with Gasteiger partial charge in [-0.3, -0.25) is 4.79 Å². The molecule has 0 aliphatic rings. The maximum absolute atomic E-state index is 11.2. The summed E-state index contributed by atoms with van der Waals surface area (Å²) in [5.41, 5.74) is 7.79. The number of nitrogens with zero attached hydrogens (tertiary/aromatic N) is 4. The fraction of sp³-hybridized carbons (Fsp3) is 0.167. The Labute approximate surface area is 155 Å². The van der Waals surface area contributed by atoms with Crippen LogP contribution < -0.4 is 16.4 Å². The Kier molecular flexibility index (Phi) is 4.99. The van der Waals surface area contributed by atoms with Gasteiger partial charge in [0.1, 0.15) is 5.82 Å². The third-order valence-electron chi connectivity index (χ3n) is 3.51. The van der Waals surface area contributed by atoms with Crippen LogP contribution in [0.15, 0.2) is 41.1 Å². The Morgan fingerprint density at radius 1 is 1.30 bits per heavy atom. The van der Waals surface area contributed by atoms with E-state index in [1.165, 1.54) is 0 Å². The van der Waals surface area contributed by atoms with Crippen LogP contribution in [0.2, 0.25) is 0 Å². The van der Waals surface area contributed by atoms with Crippen LogP contribution in [0, 0.1) is 11.3 Å². The zero-order valence-corrected chi connectivity index (χ0v) is 14.7. The lowest BCUT2D eigenvalue weighted by molar-refractivity contribution is 0.0987. The van der Waals surface area contributed by atoms with Gasteiger partial charge >= 0.3 is 0 Å². The van der Waals surface area contributed by atoms with Crippen molar-refractivity contribution in [3.05, 3.63) is 47.9 Å². The standard InChI is InChI=1S/C18H17N7O2/c1-10(2)22-14-7-15(23-12-5-3-11(8-19)4-6-12)21-9-13(14)18-24-17(16(20)26)25-27-18/h3-7,9-10H,1-2H3,(H2,20,26)(H2,21,22,23). The number of hydrogen-bond donors (Lipinski definition) is 3. The summed E-state index contributed by atoms with van der Waals surface area (Å²) in [4.78, 5) is 19.5. The van der Waals surface area contributed by atoms with Crippen molar-refractivity contribution < 1.29 is 9.32 Å². The molecule has 0 atom stereocenters. The second-order valence-corrected chi connectivity index (χ2v) is 6.02. The molecule has 3 rings (SSSR count). The van der Waals surface area contributed by atoms with Gasteiger partial charge in [0.15, 0.2) is 0 Å². The van der Waals surface area contributed by atoms with E-state index in [0.717, 1.165) is 5.69 Å². The van der Waals surface area contributed by atoms with Crippen molar-refractivity contribution in [3.8, 4) is 17.5 Å². The SMILES string of the molecule is CC(C)Nc1cc(Nc2ccc(C#N)cc2)ncc1-c1nc(C(N)=O)no1. The summed E-state index contributed by atoms with van der Waals surface area (Å²) in [5.74, 6) is -0.235. The molecule has 0 radical (unpaired) electrons. The molecule has 0 spiro atoms. The monoisotopic (exact) mass is 363 g/mol. The normalized spacial score (nSPS) is 10.4. The number of hydrogen-bond acceptors (Lipinski definition) is 8. The lowest BCUT2D eigenvalue weighted by Gasteiger charge is -2.14.